The maximum atomic E-state index is 11.4. The molecular formula is C24H29NO2. The van der Waals surface area contributed by atoms with Crippen molar-refractivity contribution in [3.8, 4) is 11.8 Å². The van der Waals surface area contributed by atoms with E-state index in [0.717, 1.165) is 23.4 Å². The lowest BCUT2D eigenvalue weighted by molar-refractivity contribution is 0.0600. The minimum atomic E-state index is -0.335. The number of unbranched alkanes of at least 4 members (excludes halogenated alkanes) is 5. The first-order chi connectivity index (χ1) is 13.2. The molecule has 0 unspecified atom stereocenters. The molecule has 1 N–H and O–H groups in total. The van der Waals surface area contributed by atoms with Crippen LogP contribution in [0.4, 0.5) is 5.69 Å². The predicted molar refractivity (Wildman–Crippen MR) is 112 cm³/mol. The molecule has 0 spiro atoms. The van der Waals surface area contributed by atoms with Gasteiger partial charge < -0.3 is 10.1 Å². The molecule has 3 nitrogen and oxygen atoms in total. The van der Waals surface area contributed by atoms with E-state index < -0.39 is 0 Å². The highest BCUT2D eigenvalue weighted by Gasteiger charge is 2.03. The molecule has 142 valence electrons. The third-order valence-corrected chi connectivity index (χ3v) is 4.40. The standard InChI is InChI=1S/C24H29NO2/c1-3-4-5-6-7-8-19-25-23-17-13-21(14-18-23)10-9-20-11-15-22(16-12-20)24(26)27-2/h11-18,25H,3-8,19H2,1-2H3. The van der Waals surface area contributed by atoms with Gasteiger partial charge >= 0.3 is 5.97 Å². The van der Waals surface area contributed by atoms with Crippen LogP contribution < -0.4 is 5.32 Å². The Morgan fingerprint density at radius 1 is 0.852 bits per heavy atom. The molecule has 0 atom stereocenters. The number of benzene rings is 2. The molecular weight excluding hydrogens is 334 g/mol. The van der Waals surface area contributed by atoms with E-state index in [-0.39, 0.29) is 5.97 Å². The Morgan fingerprint density at radius 2 is 1.41 bits per heavy atom. The van der Waals surface area contributed by atoms with E-state index in [1.807, 2.05) is 24.3 Å². The van der Waals surface area contributed by atoms with Crippen LogP contribution in [0.25, 0.3) is 0 Å². The molecule has 0 amide bonds. The van der Waals surface area contributed by atoms with E-state index in [0.29, 0.717) is 5.56 Å². The van der Waals surface area contributed by atoms with Crippen molar-refractivity contribution in [2.75, 3.05) is 19.0 Å². The second-order valence-corrected chi connectivity index (χ2v) is 6.59. The topological polar surface area (TPSA) is 38.3 Å². The Labute approximate surface area is 163 Å². The number of ether oxygens (including phenoxy) is 1. The van der Waals surface area contributed by atoms with Crippen LogP contribution in [0.2, 0.25) is 0 Å². The highest BCUT2D eigenvalue weighted by atomic mass is 16.5. The van der Waals surface area contributed by atoms with Gasteiger partial charge in [0.25, 0.3) is 0 Å². The summed E-state index contributed by atoms with van der Waals surface area (Å²) in [6, 6.07) is 15.3. The van der Waals surface area contributed by atoms with Crippen LogP contribution in [-0.2, 0) is 4.74 Å². The number of methoxy groups -OCH3 is 1. The van der Waals surface area contributed by atoms with Crippen molar-refractivity contribution in [3.05, 3.63) is 65.2 Å². The van der Waals surface area contributed by atoms with Gasteiger partial charge in [-0.15, -0.1) is 0 Å². The third kappa shape index (κ3) is 7.58. The van der Waals surface area contributed by atoms with Crippen LogP contribution in [0.1, 0.15) is 66.9 Å². The van der Waals surface area contributed by atoms with Crippen LogP contribution in [0.3, 0.4) is 0 Å². The maximum Gasteiger partial charge on any atom is 0.337 e. The number of hydrogen-bond acceptors (Lipinski definition) is 3. The van der Waals surface area contributed by atoms with Gasteiger partial charge in [-0.2, -0.15) is 0 Å². The molecule has 0 aliphatic rings. The minimum Gasteiger partial charge on any atom is -0.465 e. The van der Waals surface area contributed by atoms with E-state index in [1.165, 1.54) is 45.6 Å². The van der Waals surface area contributed by atoms with E-state index in [9.17, 15) is 4.79 Å². The summed E-state index contributed by atoms with van der Waals surface area (Å²) in [6.45, 7) is 3.26. The number of nitrogens with one attached hydrogen (secondary N) is 1. The highest BCUT2D eigenvalue weighted by molar-refractivity contribution is 5.89. The van der Waals surface area contributed by atoms with Gasteiger partial charge in [0.2, 0.25) is 0 Å². The number of hydrogen-bond donors (Lipinski definition) is 1. The molecule has 3 heteroatoms. The largest absolute Gasteiger partial charge is 0.465 e. The lowest BCUT2D eigenvalue weighted by Crippen LogP contribution is -2.01. The minimum absolute atomic E-state index is 0.335. The first-order valence-corrected chi connectivity index (χ1v) is 9.77. The van der Waals surface area contributed by atoms with Crippen LogP contribution in [0, 0.1) is 11.8 Å². The number of carbonyl (C=O) groups excluding carboxylic acids is 1. The summed E-state index contributed by atoms with van der Waals surface area (Å²) in [5.41, 5.74) is 3.51. The van der Waals surface area contributed by atoms with Crippen molar-refractivity contribution in [1.82, 2.24) is 0 Å². The van der Waals surface area contributed by atoms with Gasteiger partial charge in [-0.1, -0.05) is 50.9 Å². The number of rotatable bonds is 9. The molecule has 2 aromatic rings. The van der Waals surface area contributed by atoms with Gasteiger partial charge in [-0.25, -0.2) is 4.79 Å². The Kier molecular flexibility index (Phi) is 9.00. The van der Waals surface area contributed by atoms with E-state index >= 15 is 0 Å². The van der Waals surface area contributed by atoms with Crippen molar-refractivity contribution in [2.24, 2.45) is 0 Å². The zero-order chi connectivity index (χ0) is 19.3. The van der Waals surface area contributed by atoms with Crippen LogP contribution in [0.15, 0.2) is 48.5 Å². The first kappa shape index (κ1) is 20.6. The average molecular weight is 364 g/mol. The van der Waals surface area contributed by atoms with Crippen LogP contribution in [-0.4, -0.2) is 19.6 Å². The Balaban J connectivity index is 1.79. The van der Waals surface area contributed by atoms with Gasteiger partial charge in [0.15, 0.2) is 0 Å². The number of anilines is 1. The lowest BCUT2D eigenvalue weighted by Gasteiger charge is -2.06. The van der Waals surface area contributed by atoms with Crippen molar-refractivity contribution in [3.63, 3.8) is 0 Å². The number of esters is 1. The molecule has 0 bridgehead atoms. The van der Waals surface area contributed by atoms with Gasteiger partial charge in [-0.05, 0) is 55.0 Å². The van der Waals surface area contributed by atoms with Crippen molar-refractivity contribution in [2.45, 2.75) is 45.4 Å². The molecule has 0 saturated heterocycles. The quantitative estimate of drug-likeness (QED) is 0.356. The maximum absolute atomic E-state index is 11.4. The molecule has 0 radical (unpaired) electrons. The fourth-order valence-corrected chi connectivity index (χ4v) is 2.76. The molecule has 2 rings (SSSR count). The molecule has 0 aliphatic heterocycles. The van der Waals surface area contributed by atoms with Crippen molar-refractivity contribution < 1.29 is 9.53 Å². The second-order valence-electron chi connectivity index (χ2n) is 6.59. The predicted octanol–water partition coefficient (Wildman–Crippen LogP) is 5.65. The number of carbonyl (C=O) groups is 1. The summed E-state index contributed by atoms with van der Waals surface area (Å²) in [5.74, 6) is 5.94. The molecule has 0 heterocycles. The van der Waals surface area contributed by atoms with Gasteiger partial charge in [0.1, 0.15) is 0 Å². The summed E-state index contributed by atoms with van der Waals surface area (Å²) in [5, 5.41) is 3.47. The molecule has 0 aromatic heterocycles. The fraction of sp³-hybridized carbons (Fsp3) is 0.375. The van der Waals surface area contributed by atoms with E-state index in [4.69, 9.17) is 4.74 Å². The Morgan fingerprint density at radius 3 is 2.00 bits per heavy atom. The third-order valence-electron chi connectivity index (χ3n) is 4.40. The van der Waals surface area contributed by atoms with Gasteiger partial charge in [0, 0.05) is 23.4 Å². The average Bonchev–Trinajstić information content (AvgIpc) is 2.72. The van der Waals surface area contributed by atoms with Crippen LogP contribution in [0.5, 0.6) is 0 Å². The smallest absolute Gasteiger partial charge is 0.337 e. The molecule has 2 aromatic carbocycles. The summed E-state index contributed by atoms with van der Waals surface area (Å²) in [4.78, 5) is 11.4. The second kappa shape index (κ2) is 11.8. The zero-order valence-corrected chi connectivity index (χ0v) is 16.4. The molecule has 0 aliphatic carbocycles. The van der Waals surface area contributed by atoms with Crippen molar-refractivity contribution >= 4 is 11.7 Å². The molecule has 0 fully saturated rings. The van der Waals surface area contributed by atoms with Gasteiger partial charge in [0.05, 0.1) is 12.7 Å². The summed E-state index contributed by atoms with van der Waals surface area (Å²) in [7, 11) is 1.38. The zero-order valence-electron chi connectivity index (χ0n) is 16.4. The van der Waals surface area contributed by atoms with Crippen molar-refractivity contribution in [1.29, 1.82) is 0 Å². The summed E-state index contributed by atoms with van der Waals surface area (Å²) >= 11 is 0. The Hall–Kier alpha value is -2.73. The highest BCUT2D eigenvalue weighted by Crippen LogP contribution is 2.11. The monoisotopic (exact) mass is 363 g/mol. The Bertz CT molecular complexity index is 752. The summed E-state index contributed by atoms with van der Waals surface area (Å²) < 4.78 is 4.69. The lowest BCUT2D eigenvalue weighted by atomic mass is 10.1. The molecule has 27 heavy (non-hydrogen) atoms. The summed E-state index contributed by atoms with van der Waals surface area (Å²) in [6.07, 6.45) is 7.86. The fourth-order valence-electron chi connectivity index (χ4n) is 2.76. The first-order valence-electron chi connectivity index (χ1n) is 9.77. The van der Waals surface area contributed by atoms with Crippen LogP contribution >= 0.6 is 0 Å². The molecule has 0 saturated carbocycles. The van der Waals surface area contributed by atoms with E-state index in [2.05, 4.69) is 36.2 Å². The van der Waals surface area contributed by atoms with E-state index in [1.54, 1.807) is 12.1 Å². The normalized spacial score (nSPS) is 10.0. The SMILES string of the molecule is CCCCCCCCNc1ccc(C#Cc2ccc(C(=O)OC)cc2)cc1. The van der Waals surface area contributed by atoms with Gasteiger partial charge in [-0.3, -0.25) is 0 Å².